The lowest BCUT2D eigenvalue weighted by Gasteiger charge is -2.25. The molecule has 1 rings (SSSR count). The van der Waals surface area contributed by atoms with Gasteiger partial charge in [-0.1, -0.05) is 0 Å². The molecule has 1 amide bonds. The summed E-state index contributed by atoms with van der Waals surface area (Å²) in [5, 5.41) is 12.4. The van der Waals surface area contributed by atoms with E-state index in [1.807, 2.05) is 6.92 Å². The number of aliphatic hydroxyl groups excluding tert-OH is 1. The van der Waals surface area contributed by atoms with Crippen LogP contribution < -0.4 is 5.32 Å². The van der Waals surface area contributed by atoms with E-state index in [4.69, 9.17) is 9.84 Å². The van der Waals surface area contributed by atoms with Gasteiger partial charge in [-0.15, -0.1) is 0 Å². The molecule has 1 fully saturated rings. The highest BCUT2D eigenvalue weighted by Gasteiger charge is 2.20. The molecule has 0 aromatic rings. The number of ether oxygens (including phenoxy) is 1. The van der Waals surface area contributed by atoms with Crippen molar-refractivity contribution in [1.29, 1.82) is 0 Å². The summed E-state index contributed by atoms with van der Waals surface area (Å²) in [5.41, 5.74) is 0. The van der Waals surface area contributed by atoms with E-state index < -0.39 is 0 Å². The number of hydrogen-bond acceptors (Lipinski definition) is 4. The van der Waals surface area contributed by atoms with E-state index in [2.05, 4.69) is 5.32 Å². The largest absolute Gasteiger partial charge is 0.395 e. The lowest BCUT2D eigenvalue weighted by Crippen LogP contribution is -2.42. The SMILES string of the molecule is CCOCCCC(=O)N(CCO)CC1CCCN1. The average Bonchev–Trinajstić information content (AvgIpc) is 2.87. The van der Waals surface area contributed by atoms with Crippen LogP contribution in [0.2, 0.25) is 0 Å². The molecule has 1 aliphatic rings. The zero-order valence-electron chi connectivity index (χ0n) is 11.4. The lowest BCUT2D eigenvalue weighted by atomic mass is 10.2. The molecule has 1 aliphatic heterocycles. The molecule has 1 heterocycles. The van der Waals surface area contributed by atoms with Gasteiger partial charge in [-0.2, -0.15) is 0 Å². The Morgan fingerprint density at radius 1 is 1.56 bits per heavy atom. The molecule has 0 aromatic carbocycles. The molecule has 18 heavy (non-hydrogen) atoms. The molecule has 0 aliphatic carbocycles. The maximum absolute atomic E-state index is 12.0. The van der Waals surface area contributed by atoms with Crippen LogP contribution in [-0.4, -0.2) is 61.4 Å². The van der Waals surface area contributed by atoms with Gasteiger partial charge in [-0.25, -0.2) is 0 Å². The molecule has 106 valence electrons. The number of nitrogens with one attached hydrogen (secondary N) is 1. The van der Waals surface area contributed by atoms with Gasteiger partial charge < -0.3 is 20.1 Å². The summed E-state index contributed by atoms with van der Waals surface area (Å²) < 4.78 is 5.22. The van der Waals surface area contributed by atoms with Crippen LogP contribution in [0.4, 0.5) is 0 Å². The van der Waals surface area contributed by atoms with Crippen molar-refractivity contribution in [2.24, 2.45) is 0 Å². The normalized spacial score (nSPS) is 19.1. The summed E-state index contributed by atoms with van der Waals surface area (Å²) in [6.45, 7) is 5.50. The van der Waals surface area contributed by atoms with Crippen molar-refractivity contribution in [2.75, 3.05) is 39.5 Å². The topological polar surface area (TPSA) is 61.8 Å². The van der Waals surface area contributed by atoms with Crippen LogP contribution in [0.5, 0.6) is 0 Å². The van der Waals surface area contributed by atoms with Gasteiger partial charge in [-0.05, 0) is 32.7 Å². The third-order valence-corrected chi connectivity index (χ3v) is 3.21. The minimum absolute atomic E-state index is 0.0317. The fraction of sp³-hybridized carbons (Fsp3) is 0.923. The fourth-order valence-electron chi connectivity index (χ4n) is 2.25. The quantitative estimate of drug-likeness (QED) is 0.587. The number of nitrogens with zero attached hydrogens (tertiary/aromatic N) is 1. The Morgan fingerprint density at radius 3 is 3.00 bits per heavy atom. The first-order valence-electron chi connectivity index (χ1n) is 6.97. The Balaban J connectivity index is 2.27. The van der Waals surface area contributed by atoms with Gasteiger partial charge >= 0.3 is 0 Å². The van der Waals surface area contributed by atoms with E-state index in [0.29, 0.717) is 38.8 Å². The van der Waals surface area contributed by atoms with Crippen LogP contribution in [-0.2, 0) is 9.53 Å². The van der Waals surface area contributed by atoms with Crippen molar-refractivity contribution in [2.45, 2.75) is 38.6 Å². The van der Waals surface area contributed by atoms with Crippen molar-refractivity contribution >= 4 is 5.91 Å². The van der Waals surface area contributed by atoms with Gasteiger partial charge in [0.1, 0.15) is 0 Å². The molecule has 1 atom stereocenters. The zero-order valence-corrected chi connectivity index (χ0v) is 11.4. The Kier molecular flexibility index (Phi) is 7.96. The van der Waals surface area contributed by atoms with Crippen molar-refractivity contribution in [3.63, 3.8) is 0 Å². The highest BCUT2D eigenvalue weighted by molar-refractivity contribution is 5.76. The average molecular weight is 258 g/mol. The molecule has 1 saturated heterocycles. The first kappa shape index (κ1) is 15.4. The molecule has 1 unspecified atom stereocenters. The second kappa shape index (κ2) is 9.30. The Labute approximate surface area is 109 Å². The standard InChI is InChI=1S/C13H26N2O3/c1-2-18-10-4-6-13(17)15(8-9-16)11-12-5-3-7-14-12/h12,14,16H,2-11H2,1H3. The van der Waals surface area contributed by atoms with Crippen LogP contribution in [0.1, 0.15) is 32.6 Å². The molecule has 5 nitrogen and oxygen atoms in total. The van der Waals surface area contributed by atoms with Gasteiger partial charge in [0.2, 0.25) is 5.91 Å². The monoisotopic (exact) mass is 258 g/mol. The molecule has 0 aromatic heterocycles. The highest BCUT2D eigenvalue weighted by Crippen LogP contribution is 2.08. The van der Waals surface area contributed by atoms with E-state index in [1.54, 1.807) is 4.90 Å². The number of aliphatic hydroxyl groups is 1. The molecular formula is C13H26N2O3. The third-order valence-electron chi connectivity index (χ3n) is 3.21. The Bertz CT molecular complexity index is 230. The van der Waals surface area contributed by atoms with Crippen LogP contribution in [0.15, 0.2) is 0 Å². The first-order valence-corrected chi connectivity index (χ1v) is 6.97. The number of hydrogen-bond donors (Lipinski definition) is 2. The van der Waals surface area contributed by atoms with E-state index in [-0.39, 0.29) is 12.5 Å². The smallest absolute Gasteiger partial charge is 0.222 e. The molecule has 0 bridgehead atoms. The number of amides is 1. The van der Waals surface area contributed by atoms with Gasteiger partial charge in [0.15, 0.2) is 0 Å². The van der Waals surface area contributed by atoms with Crippen molar-refractivity contribution in [3.8, 4) is 0 Å². The molecule has 0 saturated carbocycles. The van der Waals surface area contributed by atoms with Crippen LogP contribution >= 0.6 is 0 Å². The van der Waals surface area contributed by atoms with Crippen LogP contribution in [0.25, 0.3) is 0 Å². The van der Waals surface area contributed by atoms with Gasteiger partial charge in [0.05, 0.1) is 6.61 Å². The minimum atomic E-state index is 0.0317. The predicted molar refractivity (Wildman–Crippen MR) is 70.4 cm³/mol. The van der Waals surface area contributed by atoms with Crippen molar-refractivity contribution in [1.82, 2.24) is 10.2 Å². The van der Waals surface area contributed by atoms with Crippen molar-refractivity contribution in [3.05, 3.63) is 0 Å². The summed E-state index contributed by atoms with van der Waals surface area (Å²) >= 11 is 0. The molecular weight excluding hydrogens is 232 g/mol. The number of carbonyl (C=O) groups excluding carboxylic acids is 1. The van der Waals surface area contributed by atoms with Crippen LogP contribution in [0.3, 0.4) is 0 Å². The summed E-state index contributed by atoms with van der Waals surface area (Å²) in [6.07, 6.45) is 3.56. The van der Waals surface area contributed by atoms with E-state index in [0.717, 1.165) is 19.4 Å². The highest BCUT2D eigenvalue weighted by atomic mass is 16.5. The zero-order chi connectivity index (χ0) is 13.2. The minimum Gasteiger partial charge on any atom is -0.395 e. The maximum atomic E-state index is 12.0. The molecule has 2 N–H and O–H groups in total. The lowest BCUT2D eigenvalue weighted by molar-refractivity contribution is -0.132. The molecule has 0 spiro atoms. The van der Waals surface area contributed by atoms with Gasteiger partial charge in [0, 0.05) is 38.8 Å². The van der Waals surface area contributed by atoms with Crippen LogP contribution in [0, 0.1) is 0 Å². The van der Waals surface area contributed by atoms with Gasteiger partial charge in [0.25, 0.3) is 0 Å². The maximum Gasteiger partial charge on any atom is 0.222 e. The molecule has 0 radical (unpaired) electrons. The van der Waals surface area contributed by atoms with Crippen molar-refractivity contribution < 1.29 is 14.6 Å². The fourth-order valence-corrected chi connectivity index (χ4v) is 2.25. The van der Waals surface area contributed by atoms with E-state index in [1.165, 1.54) is 6.42 Å². The first-order chi connectivity index (χ1) is 8.77. The third kappa shape index (κ3) is 5.80. The predicted octanol–water partition coefficient (Wildman–Crippen LogP) is 0.376. The molecule has 5 heteroatoms. The summed E-state index contributed by atoms with van der Waals surface area (Å²) in [7, 11) is 0. The summed E-state index contributed by atoms with van der Waals surface area (Å²) in [5.74, 6) is 0.123. The van der Waals surface area contributed by atoms with E-state index >= 15 is 0 Å². The number of carbonyl (C=O) groups is 1. The second-order valence-electron chi connectivity index (χ2n) is 4.66. The summed E-state index contributed by atoms with van der Waals surface area (Å²) in [6, 6.07) is 0.396. The second-order valence-corrected chi connectivity index (χ2v) is 4.66. The Hall–Kier alpha value is -0.650. The van der Waals surface area contributed by atoms with E-state index in [9.17, 15) is 4.79 Å². The summed E-state index contributed by atoms with van der Waals surface area (Å²) in [4.78, 5) is 13.8. The number of rotatable bonds is 9. The van der Waals surface area contributed by atoms with Gasteiger partial charge in [-0.3, -0.25) is 4.79 Å². The Morgan fingerprint density at radius 2 is 2.39 bits per heavy atom.